The van der Waals surface area contributed by atoms with E-state index >= 15 is 0 Å². The number of hydrogen-bond donors (Lipinski definition) is 1. The highest BCUT2D eigenvalue weighted by Crippen LogP contribution is 2.30. The van der Waals surface area contributed by atoms with Crippen molar-refractivity contribution in [1.82, 2.24) is 14.6 Å². The van der Waals surface area contributed by atoms with Crippen molar-refractivity contribution < 1.29 is 13.2 Å². The minimum absolute atomic E-state index is 0.0535. The predicted molar refractivity (Wildman–Crippen MR) is 104 cm³/mol. The summed E-state index contributed by atoms with van der Waals surface area (Å²) >= 11 is 1.40. The van der Waals surface area contributed by atoms with Gasteiger partial charge in [0.25, 0.3) is 5.91 Å². The molecule has 6 nitrogen and oxygen atoms in total. The maximum absolute atomic E-state index is 13.1. The molecule has 1 N–H and O–H groups in total. The van der Waals surface area contributed by atoms with Crippen molar-refractivity contribution in [3.8, 4) is 10.6 Å². The van der Waals surface area contributed by atoms with Crippen molar-refractivity contribution in [2.75, 3.05) is 19.3 Å². The monoisotopic (exact) mass is 393 g/mol. The van der Waals surface area contributed by atoms with Crippen molar-refractivity contribution in [3.63, 3.8) is 0 Å². The van der Waals surface area contributed by atoms with Crippen LogP contribution >= 0.6 is 11.3 Å². The van der Waals surface area contributed by atoms with Gasteiger partial charge in [0, 0.05) is 24.7 Å². The highest BCUT2D eigenvalue weighted by molar-refractivity contribution is 7.88. The number of amides is 1. The molecule has 1 amide bonds. The average Bonchev–Trinajstić information content (AvgIpc) is 3.01. The van der Waals surface area contributed by atoms with E-state index in [0.29, 0.717) is 11.4 Å². The average molecular weight is 394 g/mol. The lowest BCUT2D eigenvalue weighted by molar-refractivity contribution is 0.0623. The first-order valence-corrected chi connectivity index (χ1v) is 11.3. The Morgan fingerprint density at radius 2 is 2.04 bits per heavy atom. The van der Waals surface area contributed by atoms with Gasteiger partial charge in [-0.25, -0.2) is 18.1 Å². The van der Waals surface area contributed by atoms with Gasteiger partial charge < -0.3 is 4.90 Å². The van der Waals surface area contributed by atoms with Gasteiger partial charge >= 0.3 is 0 Å². The Balaban J connectivity index is 1.82. The fourth-order valence-electron chi connectivity index (χ4n) is 3.16. The van der Waals surface area contributed by atoms with E-state index in [0.717, 1.165) is 41.8 Å². The van der Waals surface area contributed by atoms with Crippen molar-refractivity contribution in [1.29, 1.82) is 0 Å². The number of benzene rings is 1. The minimum Gasteiger partial charge on any atom is -0.334 e. The van der Waals surface area contributed by atoms with E-state index in [2.05, 4.69) is 9.71 Å². The smallest absolute Gasteiger partial charge is 0.266 e. The number of aromatic nitrogens is 1. The summed E-state index contributed by atoms with van der Waals surface area (Å²) < 4.78 is 25.4. The second-order valence-electron chi connectivity index (χ2n) is 6.57. The first kappa shape index (κ1) is 19.0. The molecule has 1 aliphatic heterocycles. The van der Waals surface area contributed by atoms with Crippen LogP contribution in [-0.2, 0) is 10.0 Å². The zero-order valence-electron chi connectivity index (χ0n) is 14.9. The molecule has 3 rings (SSSR count). The van der Waals surface area contributed by atoms with Crippen LogP contribution in [0.1, 0.15) is 34.6 Å². The van der Waals surface area contributed by atoms with Gasteiger partial charge in [-0.05, 0) is 26.2 Å². The lowest BCUT2D eigenvalue weighted by atomic mass is 10.0. The predicted octanol–water partition coefficient (Wildman–Crippen LogP) is 2.66. The highest BCUT2D eigenvalue weighted by Gasteiger charge is 2.30. The third kappa shape index (κ3) is 4.49. The number of carbonyl (C=O) groups is 1. The van der Waals surface area contributed by atoms with Crippen LogP contribution in [0.3, 0.4) is 0 Å². The number of carbonyl (C=O) groups excluding carboxylic acids is 1. The van der Waals surface area contributed by atoms with E-state index in [1.165, 1.54) is 11.3 Å². The first-order chi connectivity index (χ1) is 12.3. The van der Waals surface area contributed by atoms with E-state index in [1.54, 1.807) is 4.90 Å². The molecule has 0 unspecified atom stereocenters. The molecule has 140 valence electrons. The lowest BCUT2D eigenvalue weighted by Gasteiger charge is -2.35. The van der Waals surface area contributed by atoms with Crippen molar-refractivity contribution in [2.24, 2.45) is 0 Å². The summed E-state index contributed by atoms with van der Waals surface area (Å²) in [5, 5.41) is 0.828. The molecule has 1 aromatic heterocycles. The summed E-state index contributed by atoms with van der Waals surface area (Å²) in [6.07, 6.45) is 3.88. The number of likely N-dealkylation sites (tertiary alicyclic amines) is 1. The van der Waals surface area contributed by atoms with Crippen molar-refractivity contribution >= 4 is 27.3 Å². The first-order valence-electron chi connectivity index (χ1n) is 8.63. The molecule has 1 fully saturated rings. The van der Waals surface area contributed by atoms with Gasteiger partial charge in [-0.3, -0.25) is 4.79 Å². The third-order valence-electron chi connectivity index (χ3n) is 4.48. The Hall–Kier alpha value is -1.77. The number of thiazole rings is 1. The van der Waals surface area contributed by atoms with Crippen LogP contribution in [-0.4, -0.2) is 49.6 Å². The highest BCUT2D eigenvalue weighted by atomic mass is 32.2. The normalized spacial score (nSPS) is 18.1. The Bertz CT molecular complexity index is 878. The molecule has 1 aliphatic rings. The summed E-state index contributed by atoms with van der Waals surface area (Å²) in [6.45, 7) is 2.75. The topological polar surface area (TPSA) is 79.4 Å². The standard InChI is InChI=1S/C18H23N3O3S2/c1-13-16(25-17(20-13)14-8-4-3-5-9-14)18(22)21-11-7-6-10-15(21)12-19-26(2,23)24/h3-5,8-9,15,19H,6-7,10-12H2,1-2H3/t15-/m1/s1. The molecule has 0 bridgehead atoms. The van der Waals surface area contributed by atoms with E-state index in [9.17, 15) is 13.2 Å². The zero-order chi connectivity index (χ0) is 18.7. The summed E-state index contributed by atoms with van der Waals surface area (Å²) in [4.78, 5) is 20.1. The SMILES string of the molecule is Cc1nc(-c2ccccc2)sc1C(=O)N1CCCC[C@@H]1CNS(C)(=O)=O. The third-order valence-corrected chi connectivity index (χ3v) is 6.37. The number of nitrogens with one attached hydrogen (secondary N) is 1. The van der Waals surface area contributed by atoms with E-state index < -0.39 is 10.0 Å². The number of rotatable bonds is 5. The molecule has 2 heterocycles. The maximum atomic E-state index is 13.1. The molecule has 1 saturated heterocycles. The van der Waals surface area contributed by atoms with Crippen LogP contribution in [0.2, 0.25) is 0 Å². The lowest BCUT2D eigenvalue weighted by Crippen LogP contribution is -2.49. The van der Waals surface area contributed by atoms with Crippen LogP contribution in [0.25, 0.3) is 10.6 Å². The fourth-order valence-corrected chi connectivity index (χ4v) is 4.68. The number of sulfonamides is 1. The Morgan fingerprint density at radius 1 is 1.31 bits per heavy atom. The van der Waals surface area contributed by atoms with Crippen molar-refractivity contribution in [2.45, 2.75) is 32.2 Å². The van der Waals surface area contributed by atoms with Crippen molar-refractivity contribution in [3.05, 3.63) is 40.9 Å². The Kier molecular flexibility index (Phi) is 5.74. The van der Waals surface area contributed by atoms with Gasteiger partial charge in [0.2, 0.25) is 10.0 Å². The number of piperidine rings is 1. The van der Waals surface area contributed by atoms with Gasteiger partial charge in [0.05, 0.1) is 11.9 Å². The summed E-state index contributed by atoms with van der Waals surface area (Å²) in [5.74, 6) is -0.0535. The van der Waals surface area contributed by atoms with E-state index in [-0.39, 0.29) is 18.5 Å². The molecule has 0 radical (unpaired) electrons. The molecule has 2 aromatic rings. The molecule has 1 aromatic carbocycles. The molecule has 0 aliphatic carbocycles. The van der Waals surface area contributed by atoms with Gasteiger partial charge in [0.15, 0.2) is 0 Å². The van der Waals surface area contributed by atoms with Gasteiger partial charge in [0.1, 0.15) is 9.88 Å². The molecule has 1 atom stereocenters. The van der Waals surface area contributed by atoms with E-state index in [1.807, 2.05) is 37.3 Å². The summed E-state index contributed by atoms with van der Waals surface area (Å²) in [5.41, 5.74) is 1.72. The number of nitrogens with zero attached hydrogens (tertiary/aromatic N) is 2. The van der Waals surface area contributed by atoms with Gasteiger partial charge in [-0.15, -0.1) is 11.3 Å². The Labute approximate surface area is 158 Å². The summed E-state index contributed by atoms with van der Waals surface area (Å²) in [6, 6.07) is 9.69. The van der Waals surface area contributed by atoms with Crippen LogP contribution in [0.15, 0.2) is 30.3 Å². The van der Waals surface area contributed by atoms with Crippen LogP contribution in [0, 0.1) is 6.92 Å². The number of hydrogen-bond acceptors (Lipinski definition) is 5. The molecule has 8 heteroatoms. The fraction of sp³-hybridized carbons (Fsp3) is 0.444. The second-order valence-corrected chi connectivity index (χ2v) is 9.40. The van der Waals surface area contributed by atoms with E-state index in [4.69, 9.17) is 0 Å². The molecular weight excluding hydrogens is 370 g/mol. The molecule has 26 heavy (non-hydrogen) atoms. The molecule has 0 saturated carbocycles. The summed E-state index contributed by atoms with van der Waals surface area (Å²) in [7, 11) is -3.28. The van der Waals surface area contributed by atoms with Crippen LogP contribution in [0.5, 0.6) is 0 Å². The second kappa shape index (κ2) is 7.85. The van der Waals surface area contributed by atoms with Crippen LogP contribution < -0.4 is 4.72 Å². The van der Waals surface area contributed by atoms with Gasteiger partial charge in [-0.1, -0.05) is 30.3 Å². The molecule has 0 spiro atoms. The van der Waals surface area contributed by atoms with Crippen LogP contribution in [0.4, 0.5) is 0 Å². The maximum Gasteiger partial charge on any atom is 0.266 e. The largest absolute Gasteiger partial charge is 0.334 e. The van der Waals surface area contributed by atoms with Gasteiger partial charge in [-0.2, -0.15) is 0 Å². The molecular formula is C18H23N3O3S2. The minimum atomic E-state index is -3.28. The number of aryl methyl sites for hydroxylation is 1. The Morgan fingerprint density at radius 3 is 2.73 bits per heavy atom. The zero-order valence-corrected chi connectivity index (χ0v) is 16.6. The quantitative estimate of drug-likeness (QED) is 0.847.